The molecule has 3 N–H and O–H groups in total. The molecule has 7 heteroatoms. The van der Waals surface area contributed by atoms with E-state index in [1.54, 1.807) is 18.6 Å². The number of nitrogens with one attached hydrogen (secondary N) is 3. The largest absolute Gasteiger partial charge is 0.368 e. The summed E-state index contributed by atoms with van der Waals surface area (Å²) in [7, 11) is 0. The van der Waals surface area contributed by atoms with Gasteiger partial charge in [0.2, 0.25) is 5.82 Å². The van der Waals surface area contributed by atoms with E-state index in [1.165, 1.54) is 0 Å². The first-order chi connectivity index (χ1) is 9.86. The van der Waals surface area contributed by atoms with Crippen LogP contribution in [0.5, 0.6) is 0 Å². The van der Waals surface area contributed by atoms with E-state index in [9.17, 15) is 0 Å². The Bertz CT molecular complexity index is 672. The fourth-order valence-electron chi connectivity index (χ4n) is 1.81. The zero-order valence-corrected chi connectivity index (χ0v) is 10.9. The maximum Gasteiger partial charge on any atom is 0.209 e. The third-order valence-electron chi connectivity index (χ3n) is 2.64. The normalized spacial score (nSPS) is 11.7. The highest BCUT2D eigenvalue weighted by atomic mass is 15.2. The standard InChI is InChI=1S/C13H13N7/c1-2-15-12-11-13(18-8-17-11)20-10(19-12)4-3-9-7-14-5-6-16-9/h5-7,17H,2,8H2,1H3,(H2,15,18,19,20). The van der Waals surface area contributed by atoms with Gasteiger partial charge in [-0.2, -0.15) is 0 Å². The Balaban J connectivity index is 1.95. The summed E-state index contributed by atoms with van der Waals surface area (Å²) in [5.41, 5.74) is 1.48. The molecule has 0 saturated carbocycles. The maximum atomic E-state index is 4.40. The van der Waals surface area contributed by atoms with Crippen LogP contribution in [-0.2, 0) is 0 Å². The molecule has 20 heavy (non-hydrogen) atoms. The van der Waals surface area contributed by atoms with Crippen LogP contribution in [0.15, 0.2) is 18.6 Å². The van der Waals surface area contributed by atoms with Gasteiger partial charge in [0.05, 0.1) is 12.9 Å². The minimum atomic E-state index is 0.446. The first-order valence-corrected chi connectivity index (χ1v) is 6.28. The number of aromatic nitrogens is 4. The summed E-state index contributed by atoms with van der Waals surface area (Å²) < 4.78 is 0. The minimum Gasteiger partial charge on any atom is -0.368 e. The Morgan fingerprint density at radius 3 is 3.00 bits per heavy atom. The molecule has 2 aromatic heterocycles. The van der Waals surface area contributed by atoms with Crippen LogP contribution in [0.2, 0.25) is 0 Å². The molecule has 0 unspecified atom stereocenters. The Labute approximate surface area is 116 Å². The van der Waals surface area contributed by atoms with Crippen LogP contribution in [0.3, 0.4) is 0 Å². The van der Waals surface area contributed by atoms with Gasteiger partial charge in [-0.25, -0.2) is 15.0 Å². The monoisotopic (exact) mass is 267 g/mol. The molecular weight excluding hydrogens is 254 g/mol. The average molecular weight is 267 g/mol. The average Bonchev–Trinajstić information content (AvgIpc) is 2.95. The van der Waals surface area contributed by atoms with Crippen LogP contribution < -0.4 is 16.0 Å². The predicted octanol–water partition coefficient (Wildman–Crippen LogP) is 0.893. The zero-order chi connectivity index (χ0) is 13.8. The summed E-state index contributed by atoms with van der Waals surface area (Å²) in [5, 5.41) is 9.52. The molecule has 7 nitrogen and oxygen atoms in total. The number of hydrogen-bond acceptors (Lipinski definition) is 7. The van der Waals surface area contributed by atoms with Crippen molar-refractivity contribution in [2.75, 3.05) is 29.2 Å². The molecule has 0 spiro atoms. The Hall–Kier alpha value is -2.88. The summed E-state index contributed by atoms with van der Waals surface area (Å²) >= 11 is 0. The molecule has 0 fully saturated rings. The van der Waals surface area contributed by atoms with Crippen molar-refractivity contribution in [3.8, 4) is 11.8 Å². The van der Waals surface area contributed by atoms with Crippen LogP contribution in [0.25, 0.3) is 0 Å². The van der Waals surface area contributed by atoms with Gasteiger partial charge in [-0.15, -0.1) is 0 Å². The lowest BCUT2D eigenvalue weighted by atomic mass is 10.4. The first kappa shape index (κ1) is 12.2. The van der Waals surface area contributed by atoms with Gasteiger partial charge in [0.15, 0.2) is 11.6 Å². The Kier molecular flexibility index (Phi) is 3.29. The van der Waals surface area contributed by atoms with Gasteiger partial charge >= 0.3 is 0 Å². The van der Waals surface area contributed by atoms with Gasteiger partial charge in [0, 0.05) is 18.9 Å². The summed E-state index contributed by atoms with van der Waals surface area (Å²) in [6.07, 6.45) is 4.81. The van der Waals surface area contributed by atoms with E-state index >= 15 is 0 Å². The summed E-state index contributed by atoms with van der Waals surface area (Å²) in [4.78, 5) is 16.8. The van der Waals surface area contributed by atoms with Gasteiger partial charge in [-0.1, -0.05) is 0 Å². The summed E-state index contributed by atoms with van der Waals surface area (Å²) in [6, 6.07) is 0. The van der Waals surface area contributed by atoms with Crippen LogP contribution in [0.4, 0.5) is 17.3 Å². The van der Waals surface area contributed by atoms with E-state index in [0.717, 1.165) is 23.9 Å². The molecule has 3 rings (SSSR count). The highest BCUT2D eigenvalue weighted by Crippen LogP contribution is 2.30. The number of nitrogens with zero attached hydrogens (tertiary/aromatic N) is 4. The molecule has 0 bridgehead atoms. The molecule has 0 saturated heterocycles. The molecule has 1 aliphatic rings. The van der Waals surface area contributed by atoms with Crippen LogP contribution in [0, 0.1) is 11.8 Å². The summed E-state index contributed by atoms with van der Waals surface area (Å²) in [5.74, 6) is 7.77. The minimum absolute atomic E-state index is 0.446. The highest BCUT2D eigenvalue weighted by Gasteiger charge is 2.17. The van der Waals surface area contributed by atoms with E-state index in [-0.39, 0.29) is 0 Å². The summed E-state index contributed by atoms with van der Waals surface area (Å²) in [6.45, 7) is 3.44. The Morgan fingerprint density at radius 2 is 2.20 bits per heavy atom. The molecule has 0 aromatic carbocycles. The van der Waals surface area contributed by atoms with Crippen molar-refractivity contribution in [2.45, 2.75) is 6.92 Å². The molecule has 0 atom stereocenters. The lowest BCUT2D eigenvalue weighted by molar-refractivity contribution is 1.10. The molecule has 0 amide bonds. The molecule has 1 aliphatic heterocycles. The lowest BCUT2D eigenvalue weighted by Gasteiger charge is -2.07. The third kappa shape index (κ3) is 2.44. The zero-order valence-electron chi connectivity index (χ0n) is 10.9. The predicted molar refractivity (Wildman–Crippen MR) is 76.3 cm³/mol. The molecule has 3 heterocycles. The number of anilines is 3. The lowest BCUT2D eigenvalue weighted by Crippen LogP contribution is -2.05. The van der Waals surface area contributed by atoms with Crippen molar-refractivity contribution in [3.63, 3.8) is 0 Å². The second kappa shape index (κ2) is 5.40. The SMILES string of the molecule is CCNc1nc(C#Cc2cnccn2)nc2c1NCN2. The second-order valence-corrected chi connectivity index (χ2v) is 4.02. The van der Waals surface area contributed by atoms with Gasteiger partial charge in [0.1, 0.15) is 11.4 Å². The molecule has 0 aliphatic carbocycles. The smallest absolute Gasteiger partial charge is 0.209 e. The van der Waals surface area contributed by atoms with E-state index < -0.39 is 0 Å². The van der Waals surface area contributed by atoms with E-state index in [2.05, 4.69) is 47.7 Å². The van der Waals surface area contributed by atoms with Crippen LogP contribution in [-0.4, -0.2) is 33.1 Å². The third-order valence-corrected chi connectivity index (χ3v) is 2.64. The highest BCUT2D eigenvalue weighted by molar-refractivity contribution is 5.80. The molecule has 0 radical (unpaired) electrons. The number of rotatable bonds is 2. The van der Waals surface area contributed by atoms with Crippen molar-refractivity contribution in [1.82, 2.24) is 19.9 Å². The maximum absolute atomic E-state index is 4.40. The number of hydrogen-bond donors (Lipinski definition) is 3. The van der Waals surface area contributed by atoms with Gasteiger partial charge in [0.25, 0.3) is 0 Å². The topological polar surface area (TPSA) is 87.7 Å². The van der Waals surface area contributed by atoms with Gasteiger partial charge in [-0.3, -0.25) is 4.98 Å². The molecular formula is C13H13N7. The van der Waals surface area contributed by atoms with Crippen molar-refractivity contribution in [3.05, 3.63) is 30.1 Å². The van der Waals surface area contributed by atoms with Crippen molar-refractivity contribution in [2.24, 2.45) is 0 Å². The van der Waals surface area contributed by atoms with E-state index in [0.29, 0.717) is 18.2 Å². The quantitative estimate of drug-likeness (QED) is 0.696. The van der Waals surface area contributed by atoms with Gasteiger partial charge in [-0.05, 0) is 18.8 Å². The van der Waals surface area contributed by atoms with Crippen LogP contribution in [0.1, 0.15) is 18.4 Å². The second-order valence-electron chi connectivity index (χ2n) is 4.02. The van der Waals surface area contributed by atoms with Crippen molar-refractivity contribution < 1.29 is 0 Å². The van der Waals surface area contributed by atoms with Crippen molar-refractivity contribution >= 4 is 17.3 Å². The fraction of sp³-hybridized carbons (Fsp3) is 0.231. The fourth-order valence-corrected chi connectivity index (χ4v) is 1.81. The van der Waals surface area contributed by atoms with Crippen molar-refractivity contribution in [1.29, 1.82) is 0 Å². The van der Waals surface area contributed by atoms with Crippen LogP contribution >= 0.6 is 0 Å². The first-order valence-electron chi connectivity index (χ1n) is 6.28. The van der Waals surface area contributed by atoms with E-state index in [4.69, 9.17) is 0 Å². The molecule has 2 aromatic rings. The molecule has 100 valence electrons. The Morgan fingerprint density at radius 1 is 1.25 bits per heavy atom. The van der Waals surface area contributed by atoms with Gasteiger partial charge < -0.3 is 16.0 Å². The van der Waals surface area contributed by atoms with E-state index in [1.807, 2.05) is 6.92 Å². The number of fused-ring (bicyclic) bond motifs is 1.